The number of aromatic nitrogens is 2. The molecule has 0 saturated carbocycles. The van der Waals surface area contributed by atoms with Crippen molar-refractivity contribution in [3.63, 3.8) is 0 Å². The second-order valence-electron chi connectivity index (χ2n) is 5.74. The molecule has 1 amide bonds. The third-order valence-corrected chi connectivity index (χ3v) is 4.95. The molecule has 0 aliphatic rings. The highest BCUT2D eigenvalue weighted by Crippen LogP contribution is 2.20. The number of aryl methyl sites for hydroxylation is 3. The number of para-hydroxylation sites is 2. The van der Waals surface area contributed by atoms with Gasteiger partial charge in [-0.25, -0.2) is 4.79 Å². The average Bonchev–Trinajstić information content (AvgIpc) is 2.81. The summed E-state index contributed by atoms with van der Waals surface area (Å²) in [6.45, 7) is 2.32. The monoisotopic (exact) mass is 387 g/mol. The van der Waals surface area contributed by atoms with E-state index in [2.05, 4.69) is 21.2 Å². The van der Waals surface area contributed by atoms with E-state index in [1.165, 1.54) is 0 Å². The van der Waals surface area contributed by atoms with Gasteiger partial charge in [0.15, 0.2) is 0 Å². The van der Waals surface area contributed by atoms with Crippen molar-refractivity contribution in [2.24, 2.45) is 7.05 Å². The van der Waals surface area contributed by atoms with Crippen LogP contribution < -0.4 is 11.0 Å². The number of carbonyl (C=O) groups is 1. The largest absolute Gasteiger partial charge is 0.328 e. The summed E-state index contributed by atoms with van der Waals surface area (Å²) in [7, 11) is 1.74. The third kappa shape index (κ3) is 3.14. The summed E-state index contributed by atoms with van der Waals surface area (Å²) in [4.78, 5) is 24.5. The molecule has 0 atom stereocenters. The number of amides is 1. The van der Waals surface area contributed by atoms with Gasteiger partial charge in [0.05, 0.1) is 11.0 Å². The zero-order valence-electron chi connectivity index (χ0n) is 13.5. The summed E-state index contributed by atoms with van der Waals surface area (Å²) >= 11 is 3.44. The zero-order valence-corrected chi connectivity index (χ0v) is 15.1. The van der Waals surface area contributed by atoms with Crippen LogP contribution in [0.15, 0.2) is 51.7 Å². The number of benzene rings is 2. The summed E-state index contributed by atoms with van der Waals surface area (Å²) in [5.41, 5.74) is 3.41. The summed E-state index contributed by atoms with van der Waals surface area (Å²) in [5.74, 6) is -0.114. The molecule has 0 aliphatic carbocycles. The Morgan fingerprint density at radius 2 is 1.88 bits per heavy atom. The fourth-order valence-corrected chi connectivity index (χ4v) is 2.99. The van der Waals surface area contributed by atoms with Gasteiger partial charge in [-0.05, 0) is 42.8 Å². The van der Waals surface area contributed by atoms with Crippen molar-refractivity contribution in [3.8, 4) is 0 Å². The third-order valence-electron chi connectivity index (χ3n) is 4.06. The van der Waals surface area contributed by atoms with Crippen LogP contribution in [0.25, 0.3) is 11.0 Å². The molecule has 6 heteroatoms. The first-order chi connectivity index (χ1) is 11.5. The number of carbonyl (C=O) groups excluding carboxylic acids is 1. The van der Waals surface area contributed by atoms with Crippen LogP contribution in [-0.4, -0.2) is 15.0 Å². The minimum atomic E-state index is -0.114. The van der Waals surface area contributed by atoms with Crippen molar-refractivity contribution < 1.29 is 4.79 Å². The maximum atomic E-state index is 12.3. The molecule has 1 N–H and O–H groups in total. The molecule has 0 bridgehead atoms. The SMILES string of the molecule is Cc1cc(NC(=O)CCn2c(=O)n(C)c3ccccc32)ccc1Br. The zero-order chi connectivity index (χ0) is 17.3. The van der Waals surface area contributed by atoms with E-state index >= 15 is 0 Å². The molecule has 1 heterocycles. The van der Waals surface area contributed by atoms with Gasteiger partial charge in [0.1, 0.15) is 0 Å². The average molecular weight is 388 g/mol. The second kappa shape index (κ2) is 6.65. The van der Waals surface area contributed by atoms with E-state index in [-0.39, 0.29) is 18.0 Å². The predicted octanol–water partition coefficient (Wildman–Crippen LogP) is 3.44. The van der Waals surface area contributed by atoms with Crippen LogP contribution >= 0.6 is 15.9 Å². The highest BCUT2D eigenvalue weighted by Gasteiger charge is 2.11. The Balaban J connectivity index is 1.74. The van der Waals surface area contributed by atoms with Crippen LogP contribution in [0.2, 0.25) is 0 Å². The van der Waals surface area contributed by atoms with Crippen molar-refractivity contribution in [2.45, 2.75) is 19.9 Å². The quantitative estimate of drug-likeness (QED) is 0.745. The first kappa shape index (κ1) is 16.5. The molecular weight excluding hydrogens is 370 g/mol. The Labute approximate surface area is 148 Å². The summed E-state index contributed by atoms with van der Waals surface area (Å²) < 4.78 is 4.25. The number of rotatable bonds is 4. The summed E-state index contributed by atoms with van der Waals surface area (Å²) in [6, 6.07) is 13.2. The molecular formula is C18H18BrN3O2. The number of halogens is 1. The smallest absolute Gasteiger partial charge is 0.326 e. The van der Waals surface area contributed by atoms with Crippen molar-refractivity contribution >= 4 is 38.6 Å². The molecule has 0 spiro atoms. The van der Waals surface area contributed by atoms with Crippen molar-refractivity contribution in [1.29, 1.82) is 0 Å². The van der Waals surface area contributed by atoms with E-state index in [0.717, 1.165) is 26.8 Å². The van der Waals surface area contributed by atoms with Crippen molar-refractivity contribution in [3.05, 3.63) is 63.0 Å². The van der Waals surface area contributed by atoms with Crippen LogP contribution in [0.5, 0.6) is 0 Å². The minimum Gasteiger partial charge on any atom is -0.326 e. The lowest BCUT2D eigenvalue weighted by Crippen LogP contribution is -2.24. The van der Waals surface area contributed by atoms with Crippen LogP contribution in [0.1, 0.15) is 12.0 Å². The Morgan fingerprint density at radius 3 is 2.58 bits per heavy atom. The van der Waals surface area contributed by atoms with E-state index in [9.17, 15) is 9.59 Å². The van der Waals surface area contributed by atoms with Gasteiger partial charge in [-0.2, -0.15) is 0 Å². The number of fused-ring (bicyclic) bond motifs is 1. The molecule has 3 aromatic rings. The first-order valence-corrected chi connectivity index (χ1v) is 8.47. The fourth-order valence-electron chi connectivity index (χ4n) is 2.74. The van der Waals surface area contributed by atoms with Gasteiger partial charge in [-0.3, -0.25) is 13.9 Å². The van der Waals surface area contributed by atoms with Crippen LogP contribution in [0.4, 0.5) is 5.69 Å². The first-order valence-electron chi connectivity index (χ1n) is 7.67. The fraction of sp³-hybridized carbons (Fsp3) is 0.222. The van der Waals surface area contributed by atoms with Gasteiger partial charge in [0.25, 0.3) is 0 Å². The highest BCUT2D eigenvalue weighted by atomic mass is 79.9. The molecule has 1 aromatic heterocycles. The number of nitrogens with zero attached hydrogens (tertiary/aromatic N) is 2. The Bertz CT molecular complexity index is 972. The van der Waals surface area contributed by atoms with Crippen molar-refractivity contribution in [1.82, 2.24) is 9.13 Å². The standard InChI is InChI=1S/C18H18BrN3O2/c1-12-11-13(7-8-14(12)19)20-17(23)9-10-22-16-6-4-3-5-15(16)21(2)18(22)24/h3-8,11H,9-10H2,1-2H3,(H,20,23). The maximum absolute atomic E-state index is 12.3. The van der Waals surface area contributed by atoms with Gasteiger partial charge in [-0.1, -0.05) is 28.1 Å². The normalized spacial score (nSPS) is 11.0. The number of hydrogen-bond donors (Lipinski definition) is 1. The lowest BCUT2D eigenvalue weighted by Gasteiger charge is -2.08. The summed E-state index contributed by atoms with van der Waals surface area (Å²) in [6.07, 6.45) is 0.239. The number of anilines is 1. The van der Waals surface area contributed by atoms with Gasteiger partial charge >= 0.3 is 5.69 Å². The molecule has 0 radical (unpaired) electrons. The Hall–Kier alpha value is -2.34. The lowest BCUT2D eigenvalue weighted by molar-refractivity contribution is -0.116. The van der Waals surface area contributed by atoms with E-state index in [4.69, 9.17) is 0 Å². The van der Waals surface area contributed by atoms with E-state index in [1.54, 1.807) is 16.2 Å². The van der Waals surface area contributed by atoms with Crippen LogP contribution in [-0.2, 0) is 18.4 Å². The molecule has 3 rings (SSSR count). The molecule has 0 unspecified atom stereocenters. The number of imidazole rings is 1. The highest BCUT2D eigenvalue weighted by molar-refractivity contribution is 9.10. The second-order valence-corrected chi connectivity index (χ2v) is 6.60. The number of nitrogens with one attached hydrogen (secondary N) is 1. The maximum Gasteiger partial charge on any atom is 0.328 e. The topological polar surface area (TPSA) is 56.0 Å². The molecule has 0 fully saturated rings. The molecule has 0 aliphatic heterocycles. The van der Waals surface area contributed by atoms with Gasteiger partial charge in [0, 0.05) is 30.2 Å². The summed E-state index contributed by atoms with van der Waals surface area (Å²) in [5, 5.41) is 2.87. The Morgan fingerprint density at radius 1 is 1.17 bits per heavy atom. The van der Waals surface area contributed by atoms with E-state index in [0.29, 0.717) is 6.54 Å². The minimum absolute atomic E-state index is 0.108. The molecule has 5 nitrogen and oxygen atoms in total. The van der Waals surface area contributed by atoms with Gasteiger partial charge < -0.3 is 5.32 Å². The molecule has 0 saturated heterocycles. The van der Waals surface area contributed by atoms with E-state index in [1.807, 2.05) is 49.4 Å². The number of hydrogen-bond acceptors (Lipinski definition) is 2. The molecule has 124 valence electrons. The molecule has 24 heavy (non-hydrogen) atoms. The van der Waals surface area contributed by atoms with Crippen LogP contribution in [0, 0.1) is 6.92 Å². The lowest BCUT2D eigenvalue weighted by atomic mass is 10.2. The van der Waals surface area contributed by atoms with E-state index < -0.39 is 0 Å². The van der Waals surface area contributed by atoms with Gasteiger partial charge in [0.2, 0.25) is 5.91 Å². The predicted molar refractivity (Wildman–Crippen MR) is 99.3 cm³/mol. The van der Waals surface area contributed by atoms with Crippen molar-refractivity contribution in [2.75, 3.05) is 5.32 Å². The molecule has 2 aromatic carbocycles. The Kier molecular flexibility index (Phi) is 4.57. The van der Waals surface area contributed by atoms with Gasteiger partial charge in [-0.15, -0.1) is 0 Å². The van der Waals surface area contributed by atoms with Crippen LogP contribution in [0.3, 0.4) is 0 Å².